The Hall–Kier alpha value is -2.35. The minimum Gasteiger partial charge on any atom is -0.301 e. The lowest BCUT2D eigenvalue weighted by molar-refractivity contribution is 0.601. The molecule has 17 heteroatoms. The molecular formula is C23H12Cl6N6O3S2. The zero-order chi connectivity index (χ0) is 28.8. The summed E-state index contributed by atoms with van der Waals surface area (Å²) in [6, 6.07) is 12.3. The number of hydrogen-bond acceptors (Lipinski definition) is 6. The molecule has 1 atom stereocenters. The van der Waals surface area contributed by atoms with Crippen molar-refractivity contribution < 1.29 is 12.6 Å². The Morgan fingerprint density at radius 1 is 0.825 bits per heavy atom. The molecule has 0 aliphatic heterocycles. The van der Waals surface area contributed by atoms with Crippen LogP contribution in [0, 0.1) is 0 Å². The van der Waals surface area contributed by atoms with E-state index in [0.29, 0.717) is 22.0 Å². The molecule has 9 nitrogen and oxygen atoms in total. The Balaban J connectivity index is 1.36. The number of benzene rings is 3. The van der Waals surface area contributed by atoms with Crippen molar-refractivity contribution in [2.45, 2.75) is 9.79 Å². The molecule has 0 radical (unpaired) electrons. The summed E-state index contributed by atoms with van der Waals surface area (Å²) >= 11 is 36.3. The lowest BCUT2D eigenvalue weighted by Crippen LogP contribution is -2.14. The number of hydrogen-bond donors (Lipinski definition) is 3. The maximum absolute atomic E-state index is 13.0. The topological polar surface area (TPSA) is 130 Å². The van der Waals surface area contributed by atoms with Gasteiger partial charge in [0.05, 0.1) is 36.9 Å². The van der Waals surface area contributed by atoms with Gasteiger partial charge in [0.2, 0.25) is 0 Å². The third kappa shape index (κ3) is 5.97. The van der Waals surface area contributed by atoms with Crippen LogP contribution in [0.2, 0.25) is 30.1 Å². The molecule has 3 aromatic carbocycles. The molecular weight excluding hydrogens is 685 g/mol. The number of aromatic amines is 1. The zero-order valence-electron chi connectivity index (χ0n) is 19.3. The lowest BCUT2D eigenvalue weighted by atomic mass is 10.1. The molecule has 0 spiro atoms. The Bertz CT molecular complexity index is 1870. The first kappa shape index (κ1) is 29.2. The lowest BCUT2D eigenvalue weighted by Gasteiger charge is -2.10. The molecule has 0 amide bonds. The van der Waals surface area contributed by atoms with Gasteiger partial charge in [0.15, 0.2) is 28.0 Å². The van der Waals surface area contributed by atoms with E-state index < -0.39 is 21.0 Å². The van der Waals surface area contributed by atoms with E-state index in [1.807, 2.05) is 0 Å². The van der Waals surface area contributed by atoms with Crippen LogP contribution in [-0.4, -0.2) is 32.8 Å². The fourth-order valence-corrected chi connectivity index (χ4v) is 8.27. The van der Waals surface area contributed by atoms with Crippen molar-refractivity contribution in [3.05, 3.63) is 84.9 Å². The normalized spacial score (nSPS) is 12.4. The number of halogens is 6. The van der Waals surface area contributed by atoms with Crippen molar-refractivity contribution in [1.29, 1.82) is 0 Å². The van der Waals surface area contributed by atoms with Crippen molar-refractivity contribution >= 4 is 113 Å². The van der Waals surface area contributed by atoms with Crippen molar-refractivity contribution in [1.82, 2.24) is 20.2 Å². The van der Waals surface area contributed by atoms with E-state index in [-0.39, 0.29) is 51.9 Å². The molecule has 0 saturated carbocycles. The summed E-state index contributed by atoms with van der Waals surface area (Å²) < 4.78 is 43.9. The number of H-pyrrole nitrogens is 1. The summed E-state index contributed by atoms with van der Waals surface area (Å²) in [5.74, 6) is -0.0994. The quantitative estimate of drug-likeness (QED) is 0.159. The predicted octanol–water partition coefficient (Wildman–Crippen LogP) is 7.88. The minimum absolute atomic E-state index is 0.0994. The summed E-state index contributed by atoms with van der Waals surface area (Å²) in [5.41, 5.74) is 2.05. The number of nitrogens with zero attached hydrogens (tertiary/aromatic N) is 3. The van der Waals surface area contributed by atoms with Crippen LogP contribution in [0.4, 0.5) is 11.5 Å². The molecule has 5 aromatic rings. The van der Waals surface area contributed by atoms with Gasteiger partial charge in [0, 0.05) is 21.3 Å². The van der Waals surface area contributed by atoms with Crippen LogP contribution >= 0.6 is 69.6 Å². The second kappa shape index (κ2) is 11.5. The highest BCUT2D eigenvalue weighted by atomic mass is 35.5. The van der Waals surface area contributed by atoms with Crippen LogP contribution in [0.5, 0.6) is 0 Å². The van der Waals surface area contributed by atoms with E-state index in [0.717, 1.165) is 0 Å². The Morgan fingerprint density at radius 2 is 1.40 bits per heavy atom. The van der Waals surface area contributed by atoms with Crippen molar-refractivity contribution in [2.24, 2.45) is 0 Å². The first-order chi connectivity index (χ1) is 18.9. The van der Waals surface area contributed by atoms with E-state index in [9.17, 15) is 12.6 Å². The van der Waals surface area contributed by atoms with Gasteiger partial charge in [0.1, 0.15) is 4.90 Å². The van der Waals surface area contributed by atoms with Gasteiger partial charge in [-0.15, -0.1) is 0 Å². The molecule has 0 aliphatic carbocycles. The van der Waals surface area contributed by atoms with Gasteiger partial charge < -0.3 is 4.72 Å². The van der Waals surface area contributed by atoms with Gasteiger partial charge in [-0.1, -0.05) is 81.7 Å². The molecule has 3 N–H and O–H groups in total. The maximum Gasteiger partial charge on any atom is 0.266 e. The molecule has 0 aliphatic rings. The van der Waals surface area contributed by atoms with Gasteiger partial charge >= 0.3 is 0 Å². The van der Waals surface area contributed by atoms with Gasteiger partial charge in [-0.05, 0) is 36.4 Å². The third-order valence-electron chi connectivity index (χ3n) is 5.27. The van der Waals surface area contributed by atoms with E-state index in [1.54, 1.807) is 24.3 Å². The summed E-state index contributed by atoms with van der Waals surface area (Å²) in [6.07, 6.45) is 1.45. The summed E-state index contributed by atoms with van der Waals surface area (Å²) in [6.45, 7) is 0. The molecule has 0 fully saturated rings. The fraction of sp³-hybridized carbons (Fsp3) is 0. The molecule has 206 valence electrons. The van der Waals surface area contributed by atoms with Crippen LogP contribution in [0.3, 0.4) is 0 Å². The van der Waals surface area contributed by atoms with Gasteiger partial charge in [0.25, 0.3) is 10.0 Å². The van der Waals surface area contributed by atoms with E-state index in [1.165, 1.54) is 30.5 Å². The maximum atomic E-state index is 13.0. The van der Waals surface area contributed by atoms with E-state index >= 15 is 0 Å². The molecule has 5 rings (SSSR count). The largest absolute Gasteiger partial charge is 0.301 e. The van der Waals surface area contributed by atoms with Gasteiger partial charge in [-0.25, -0.2) is 22.6 Å². The van der Waals surface area contributed by atoms with E-state index in [4.69, 9.17) is 69.6 Å². The predicted molar refractivity (Wildman–Crippen MR) is 161 cm³/mol. The molecule has 0 bridgehead atoms. The number of sulfonamides is 1. The zero-order valence-corrected chi connectivity index (χ0v) is 25.5. The van der Waals surface area contributed by atoms with Gasteiger partial charge in [-0.2, -0.15) is 5.10 Å². The summed E-state index contributed by atoms with van der Waals surface area (Å²) in [7, 11) is -5.99. The minimum atomic E-state index is -4.24. The fourth-order valence-electron chi connectivity index (χ4n) is 3.55. The van der Waals surface area contributed by atoms with Crippen molar-refractivity contribution in [2.75, 3.05) is 9.44 Å². The van der Waals surface area contributed by atoms with Crippen LogP contribution in [0.25, 0.3) is 22.4 Å². The second-order valence-corrected chi connectivity index (χ2v) is 13.2. The van der Waals surface area contributed by atoms with Crippen LogP contribution in [0.1, 0.15) is 0 Å². The Labute approximate surface area is 259 Å². The van der Waals surface area contributed by atoms with Gasteiger partial charge in [-0.3, -0.25) is 9.82 Å². The second-order valence-electron chi connectivity index (χ2n) is 7.98. The highest BCUT2D eigenvalue weighted by molar-refractivity contribution is 7.93. The highest BCUT2D eigenvalue weighted by Crippen LogP contribution is 2.35. The average Bonchev–Trinajstić information content (AvgIpc) is 3.24. The molecule has 2 aromatic heterocycles. The van der Waals surface area contributed by atoms with Crippen molar-refractivity contribution in [3.63, 3.8) is 0 Å². The Morgan fingerprint density at radius 3 is 2.00 bits per heavy atom. The number of anilines is 2. The van der Waals surface area contributed by atoms with Crippen LogP contribution in [-0.2, 0) is 21.0 Å². The summed E-state index contributed by atoms with van der Waals surface area (Å²) in [4.78, 5) is 8.65. The average molecular weight is 697 g/mol. The standard InChI is InChI=1S/C23H12Cl6N6O3S2/c24-11-5-14(26)20(15(27)6-11)39(36)34-13-3-1-10(2-4-13)18-9-30-19-22(31-18)32-33-23(19)35-40(37,38)21-16(28)7-12(25)8-17(21)29/h1-9,34H,(H2,31,32,33,35). The SMILES string of the molecule is O=S(Nc1ccc(-c2cnc3c(NS(=O)(=O)c4c(Cl)cc(Cl)cc4Cl)n[nH]c3n2)cc1)c1c(Cl)cc(Cl)cc1Cl. The van der Waals surface area contributed by atoms with Crippen molar-refractivity contribution in [3.8, 4) is 11.3 Å². The number of nitrogens with one attached hydrogen (secondary N) is 3. The number of rotatable bonds is 7. The number of fused-ring (bicyclic) bond motifs is 1. The smallest absolute Gasteiger partial charge is 0.266 e. The summed E-state index contributed by atoms with van der Waals surface area (Å²) in [5, 5.41) is 7.19. The van der Waals surface area contributed by atoms with E-state index in [2.05, 4.69) is 29.6 Å². The van der Waals surface area contributed by atoms with Crippen LogP contribution < -0.4 is 9.44 Å². The molecule has 40 heavy (non-hydrogen) atoms. The Kier molecular flexibility index (Phi) is 8.38. The molecule has 1 unspecified atom stereocenters. The third-order valence-corrected chi connectivity index (χ3v) is 10.0. The highest BCUT2D eigenvalue weighted by Gasteiger charge is 2.25. The monoisotopic (exact) mass is 694 g/mol. The number of aromatic nitrogens is 4. The molecule has 0 saturated heterocycles. The first-order valence-corrected chi connectivity index (χ1v) is 15.6. The van der Waals surface area contributed by atoms with Crippen LogP contribution in [0.15, 0.2) is 64.5 Å². The first-order valence-electron chi connectivity index (χ1n) is 10.7. The molecule has 2 heterocycles.